The number of aromatic hydroxyl groups is 1. The van der Waals surface area contributed by atoms with Crippen molar-refractivity contribution in [2.75, 3.05) is 0 Å². The Morgan fingerprint density at radius 3 is 3.07 bits per heavy atom. The van der Waals surface area contributed by atoms with Crippen LogP contribution in [-0.4, -0.2) is 9.67 Å². The second-order valence-corrected chi connectivity index (χ2v) is 4.00. The fraction of sp³-hybridized carbons (Fsp3) is 0.333. The first kappa shape index (κ1) is 7.92. The Morgan fingerprint density at radius 1 is 1.36 bits per heavy atom. The van der Waals surface area contributed by atoms with Gasteiger partial charge in [-0.25, -0.2) is 0 Å². The van der Waals surface area contributed by atoms with E-state index in [1.54, 1.807) is 0 Å². The zero-order valence-corrected chi connectivity index (χ0v) is 8.25. The number of para-hydroxylation sites is 1. The molecular formula is C12H13NO. The van der Waals surface area contributed by atoms with E-state index >= 15 is 0 Å². The van der Waals surface area contributed by atoms with Gasteiger partial charge in [0.25, 0.3) is 0 Å². The molecule has 0 radical (unpaired) electrons. The number of rotatable bonds is 0. The molecule has 14 heavy (non-hydrogen) atoms. The van der Waals surface area contributed by atoms with Crippen LogP contribution in [-0.2, 0) is 13.0 Å². The Kier molecular flexibility index (Phi) is 1.43. The lowest BCUT2D eigenvalue weighted by Crippen LogP contribution is -2.08. The second kappa shape index (κ2) is 2.53. The predicted molar refractivity (Wildman–Crippen MR) is 56.7 cm³/mol. The van der Waals surface area contributed by atoms with Crippen LogP contribution in [0.15, 0.2) is 18.2 Å². The van der Waals surface area contributed by atoms with Gasteiger partial charge in [0.05, 0.1) is 11.2 Å². The van der Waals surface area contributed by atoms with E-state index in [1.807, 2.05) is 19.1 Å². The Bertz CT molecular complexity index is 511. The molecule has 2 aromatic rings. The molecule has 0 saturated carbocycles. The summed E-state index contributed by atoms with van der Waals surface area (Å²) in [6.45, 7) is 3.03. The maximum Gasteiger partial charge on any atom is 0.144 e. The van der Waals surface area contributed by atoms with Crippen molar-refractivity contribution in [1.82, 2.24) is 4.57 Å². The summed E-state index contributed by atoms with van der Waals surface area (Å²) < 4.78 is 2.24. The first-order chi connectivity index (χ1) is 6.79. The molecule has 1 N–H and O–H groups in total. The minimum Gasteiger partial charge on any atom is -0.505 e. The van der Waals surface area contributed by atoms with Crippen molar-refractivity contribution in [3.63, 3.8) is 0 Å². The molecule has 0 unspecified atom stereocenters. The number of benzene rings is 1. The normalized spacial score (nSPS) is 14.9. The fourth-order valence-corrected chi connectivity index (χ4v) is 2.50. The molecule has 0 saturated heterocycles. The summed E-state index contributed by atoms with van der Waals surface area (Å²) in [4.78, 5) is 0. The van der Waals surface area contributed by atoms with E-state index in [9.17, 15) is 5.11 Å². The predicted octanol–water partition coefficient (Wildman–Crippen LogP) is 2.60. The molecule has 1 aromatic heterocycles. The molecule has 2 nitrogen and oxygen atoms in total. The summed E-state index contributed by atoms with van der Waals surface area (Å²) in [6.07, 6.45) is 2.32. The van der Waals surface area contributed by atoms with Gasteiger partial charge in [-0.2, -0.15) is 0 Å². The molecule has 0 atom stereocenters. The Labute approximate surface area is 82.8 Å². The van der Waals surface area contributed by atoms with Gasteiger partial charge in [-0.3, -0.25) is 0 Å². The van der Waals surface area contributed by atoms with Crippen LogP contribution >= 0.6 is 0 Å². The van der Waals surface area contributed by atoms with Crippen LogP contribution in [0, 0.1) is 6.92 Å². The van der Waals surface area contributed by atoms with Crippen molar-refractivity contribution >= 4 is 10.9 Å². The largest absolute Gasteiger partial charge is 0.505 e. The highest BCUT2D eigenvalue weighted by Crippen LogP contribution is 2.36. The van der Waals surface area contributed by atoms with Crippen molar-refractivity contribution < 1.29 is 5.11 Å². The minimum absolute atomic E-state index is 0.462. The van der Waals surface area contributed by atoms with Crippen molar-refractivity contribution in [3.8, 4) is 5.75 Å². The average molecular weight is 187 g/mol. The minimum atomic E-state index is 0.462. The fourth-order valence-electron chi connectivity index (χ4n) is 2.50. The quantitative estimate of drug-likeness (QED) is 0.673. The summed E-state index contributed by atoms with van der Waals surface area (Å²) in [6, 6.07) is 6.20. The molecular weight excluding hydrogens is 174 g/mol. The Balaban J connectivity index is 2.54. The molecule has 0 spiro atoms. The van der Waals surface area contributed by atoms with E-state index in [0.29, 0.717) is 5.75 Å². The topological polar surface area (TPSA) is 25.2 Å². The van der Waals surface area contributed by atoms with Crippen LogP contribution < -0.4 is 0 Å². The summed E-state index contributed by atoms with van der Waals surface area (Å²) in [7, 11) is 0. The number of hydrogen-bond donors (Lipinski definition) is 1. The molecule has 0 aliphatic carbocycles. The van der Waals surface area contributed by atoms with Crippen LogP contribution in [0.4, 0.5) is 0 Å². The second-order valence-electron chi connectivity index (χ2n) is 4.00. The van der Waals surface area contributed by atoms with Gasteiger partial charge in [-0.1, -0.05) is 12.1 Å². The van der Waals surface area contributed by atoms with E-state index in [2.05, 4.69) is 10.6 Å². The summed E-state index contributed by atoms with van der Waals surface area (Å²) in [5.74, 6) is 0.462. The lowest BCUT2D eigenvalue weighted by Gasteiger charge is -2.16. The maximum atomic E-state index is 9.94. The summed E-state index contributed by atoms with van der Waals surface area (Å²) >= 11 is 0. The Hall–Kier alpha value is -1.44. The van der Waals surface area contributed by atoms with Crippen molar-refractivity contribution in [2.45, 2.75) is 26.3 Å². The zero-order valence-electron chi connectivity index (χ0n) is 8.25. The van der Waals surface area contributed by atoms with Crippen LogP contribution in [0.1, 0.15) is 17.7 Å². The van der Waals surface area contributed by atoms with E-state index < -0.39 is 0 Å². The maximum absolute atomic E-state index is 9.94. The van der Waals surface area contributed by atoms with Gasteiger partial charge in [0, 0.05) is 11.9 Å². The van der Waals surface area contributed by atoms with Gasteiger partial charge in [-0.05, 0) is 31.4 Å². The van der Waals surface area contributed by atoms with Crippen LogP contribution in [0.25, 0.3) is 10.9 Å². The molecule has 0 amide bonds. The third kappa shape index (κ3) is 0.808. The molecule has 3 rings (SSSR count). The third-order valence-corrected chi connectivity index (χ3v) is 3.22. The number of hydrogen-bond acceptors (Lipinski definition) is 1. The average Bonchev–Trinajstić information content (AvgIpc) is 2.47. The lowest BCUT2D eigenvalue weighted by atomic mass is 10.0. The molecule has 1 aromatic carbocycles. The van der Waals surface area contributed by atoms with Crippen LogP contribution in [0.5, 0.6) is 5.75 Å². The molecule has 0 bridgehead atoms. The number of nitrogens with zero attached hydrogens (tertiary/aromatic N) is 1. The van der Waals surface area contributed by atoms with Crippen LogP contribution in [0.2, 0.25) is 0 Å². The highest BCUT2D eigenvalue weighted by Gasteiger charge is 2.18. The first-order valence-electron chi connectivity index (χ1n) is 5.08. The van der Waals surface area contributed by atoms with Gasteiger partial charge in [0.15, 0.2) is 0 Å². The molecule has 0 fully saturated rings. The molecule has 1 aliphatic heterocycles. The smallest absolute Gasteiger partial charge is 0.144 e. The SMILES string of the molecule is Cc1c(O)c2cccc3c2n1CCC3. The highest BCUT2D eigenvalue weighted by molar-refractivity contribution is 5.91. The van der Waals surface area contributed by atoms with E-state index in [1.165, 1.54) is 17.5 Å². The van der Waals surface area contributed by atoms with Crippen molar-refractivity contribution in [2.24, 2.45) is 0 Å². The van der Waals surface area contributed by atoms with Gasteiger partial charge < -0.3 is 9.67 Å². The van der Waals surface area contributed by atoms with Crippen molar-refractivity contribution in [1.29, 1.82) is 0 Å². The molecule has 2 heterocycles. The highest BCUT2D eigenvalue weighted by atomic mass is 16.3. The van der Waals surface area contributed by atoms with E-state index in [4.69, 9.17) is 0 Å². The lowest BCUT2D eigenvalue weighted by molar-refractivity contribution is 0.471. The zero-order chi connectivity index (χ0) is 9.71. The Morgan fingerprint density at radius 2 is 2.21 bits per heavy atom. The van der Waals surface area contributed by atoms with E-state index in [-0.39, 0.29) is 0 Å². The summed E-state index contributed by atoms with van der Waals surface area (Å²) in [5.41, 5.74) is 3.62. The number of aryl methyl sites for hydroxylation is 2. The molecule has 72 valence electrons. The number of aromatic nitrogens is 1. The molecule has 1 aliphatic rings. The van der Waals surface area contributed by atoms with Gasteiger partial charge in [0.2, 0.25) is 0 Å². The van der Waals surface area contributed by atoms with Gasteiger partial charge in [0.1, 0.15) is 5.75 Å². The third-order valence-electron chi connectivity index (χ3n) is 3.22. The molecule has 2 heteroatoms. The van der Waals surface area contributed by atoms with Crippen molar-refractivity contribution in [3.05, 3.63) is 29.5 Å². The summed E-state index contributed by atoms with van der Waals surface area (Å²) in [5, 5.41) is 11.0. The monoisotopic (exact) mass is 187 g/mol. The van der Waals surface area contributed by atoms with Gasteiger partial charge >= 0.3 is 0 Å². The van der Waals surface area contributed by atoms with Crippen LogP contribution in [0.3, 0.4) is 0 Å². The van der Waals surface area contributed by atoms with E-state index in [0.717, 1.165) is 24.0 Å². The standard InChI is InChI=1S/C12H13NO/c1-8-12(14)10-6-2-4-9-5-3-7-13(8)11(9)10/h2,4,6,14H,3,5,7H2,1H3. The first-order valence-corrected chi connectivity index (χ1v) is 5.08. The van der Waals surface area contributed by atoms with Gasteiger partial charge in [-0.15, -0.1) is 0 Å².